The molecule has 3 rings (SSSR count). The molecule has 0 radical (unpaired) electrons. The molecule has 0 N–H and O–H groups in total. The molecule has 0 bridgehead atoms. The van der Waals surface area contributed by atoms with Crippen LogP contribution in [0.15, 0.2) is 48.7 Å². The summed E-state index contributed by atoms with van der Waals surface area (Å²) in [6.45, 7) is 4.63. The molecule has 1 aromatic carbocycles. The molecule has 1 amide bonds. The van der Waals surface area contributed by atoms with Crippen LogP contribution in [0.4, 0.5) is 4.39 Å². The van der Waals surface area contributed by atoms with Crippen molar-refractivity contribution < 1.29 is 9.18 Å². The predicted octanol–water partition coefficient (Wildman–Crippen LogP) is 4.31. The zero-order chi connectivity index (χ0) is 17.8. The number of hydrogen-bond acceptors (Lipinski definition) is 4. The number of rotatable bonds is 5. The minimum Gasteiger partial charge on any atom is -0.334 e. The van der Waals surface area contributed by atoms with Crippen molar-refractivity contribution in [3.8, 4) is 10.7 Å². The number of halogens is 1. The van der Waals surface area contributed by atoms with E-state index in [9.17, 15) is 9.18 Å². The Morgan fingerprint density at radius 2 is 2.08 bits per heavy atom. The predicted molar refractivity (Wildman–Crippen MR) is 96.9 cm³/mol. The quantitative estimate of drug-likeness (QED) is 0.685. The van der Waals surface area contributed by atoms with E-state index in [1.807, 2.05) is 38.1 Å². The average Bonchev–Trinajstić information content (AvgIpc) is 3.02. The molecule has 128 valence electrons. The molecular formula is C19H18FN3OS. The van der Waals surface area contributed by atoms with Crippen LogP contribution in [0.3, 0.4) is 0 Å². The lowest BCUT2D eigenvalue weighted by Crippen LogP contribution is -2.30. The molecule has 0 atom stereocenters. The molecule has 0 aliphatic carbocycles. The third-order valence-electron chi connectivity index (χ3n) is 3.81. The lowest BCUT2D eigenvalue weighted by atomic mass is 10.2. The van der Waals surface area contributed by atoms with Crippen LogP contribution in [0.5, 0.6) is 0 Å². The van der Waals surface area contributed by atoms with Crippen molar-refractivity contribution in [1.82, 2.24) is 14.9 Å². The third-order valence-corrected chi connectivity index (χ3v) is 4.97. The Hall–Kier alpha value is -2.60. The second kappa shape index (κ2) is 7.53. The molecule has 0 aliphatic rings. The fourth-order valence-electron chi connectivity index (χ4n) is 2.52. The fraction of sp³-hybridized carbons (Fsp3) is 0.211. The van der Waals surface area contributed by atoms with Crippen molar-refractivity contribution >= 4 is 17.2 Å². The summed E-state index contributed by atoms with van der Waals surface area (Å²) in [4.78, 5) is 24.0. The van der Waals surface area contributed by atoms with E-state index in [0.717, 1.165) is 16.3 Å². The number of carbonyl (C=O) groups is 1. The van der Waals surface area contributed by atoms with E-state index in [2.05, 4.69) is 9.97 Å². The molecular weight excluding hydrogens is 337 g/mol. The molecule has 2 heterocycles. The van der Waals surface area contributed by atoms with Gasteiger partial charge in [-0.2, -0.15) is 0 Å². The van der Waals surface area contributed by atoms with Crippen LogP contribution in [0, 0.1) is 12.7 Å². The number of pyridine rings is 1. The highest BCUT2D eigenvalue weighted by atomic mass is 32.1. The van der Waals surface area contributed by atoms with E-state index in [1.165, 1.54) is 23.5 Å². The number of amides is 1. The highest BCUT2D eigenvalue weighted by Crippen LogP contribution is 2.27. The summed E-state index contributed by atoms with van der Waals surface area (Å²) in [7, 11) is 0. The molecule has 3 aromatic rings. The number of aromatic nitrogens is 2. The zero-order valence-electron chi connectivity index (χ0n) is 14.1. The molecule has 0 aliphatic heterocycles. The second-order valence-electron chi connectivity index (χ2n) is 5.60. The Morgan fingerprint density at radius 3 is 2.76 bits per heavy atom. The summed E-state index contributed by atoms with van der Waals surface area (Å²) in [5.74, 6) is -0.392. The molecule has 6 heteroatoms. The molecule has 0 spiro atoms. The van der Waals surface area contributed by atoms with Gasteiger partial charge in [0.05, 0.1) is 11.4 Å². The van der Waals surface area contributed by atoms with Crippen molar-refractivity contribution in [3.05, 3.63) is 70.6 Å². The van der Waals surface area contributed by atoms with Crippen LogP contribution in [-0.4, -0.2) is 27.3 Å². The second-order valence-corrected chi connectivity index (χ2v) is 6.60. The maximum Gasteiger partial charge on any atom is 0.266 e. The van der Waals surface area contributed by atoms with Crippen molar-refractivity contribution in [2.75, 3.05) is 6.54 Å². The molecule has 0 fully saturated rings. The van der Waals surface area contributed by atoms with Gasteiger partial charge in [0.15, 0.2) is 0 Å². The summed E-state index contributed by atoms with van der Waals surface area (Å²) in [5.41, 5.74) is 2.21. The Labute approximate surface area is 150 Å². The zero-order valence-corrected chi connectivity index (χ0v) is 14.9. The van der Waals surface area contributed by atoms with Crippen molar-refractivity contribution in [1.29, 1.82) is 0 Å². The van der Waals surface area contributed by atoms with Gasteiger partial charge >= 0.3 is 0 Å². The molecule has 2 aromatic heterocycles. The van der Waals surface area contributed by atoms with E-state index >= 15 is 0 Å². The standard InChI is InChI=1S/C19H18FN3OS/c1-3-23(12-14-7-6-8-15(20)11-14)19(24)17-13(2)22-18(25-17)16-9-4-5-10-21-16/h4-11H,3,12H2,1-2H3. The van der Waals surface area contributed by atoms with Crippen molar-refractivity contribution in [2.24, 2.45) is 0 Å². The van der Waals surface area contributed by atoms with Crippen LogP contribution in [-0.2, 0) is 6.54 Å². The molecule has 4 nitrogen and oxygen atoms in total. The highest BCUT2D eigenvalue weighted by molar-refractivity contribution is 7.17. The van der Waals surface area contributed by atoms with Crippen LogP contribution >= 0.6 is 11.3 Å². The first-order valence-electron chi connectivity index (χ1n) is 8.01. The van der Waals surface area contributed by atoms with Crippen molar-refractivity contribution in [3.63, 3.8) is 0 Å². The number of thiazole rings is 1. The molecule has 25 heavy (non-hydrogen) atoms. The SMILES string of the molecule is CCN(Cc1cccc(F)c1)C(=O)c1sc(-c2ccccn2)nc1C. The van der Waals surface area contributed by atoms with Crippen LogP contribution < -0.4 is 0 Å². The van der Waals surface area contributed by atoms with Crippen LogP contribution in [0.2, 0.25) is 0 Å². The van der Waals surface area contributed by atoms with Gasteiger partial charge in [-0.15, -0.1) is 11.3 Å². The Kier molecular flexibility index (Phi) is 5.19. The van der Waals surface area contributed by atoms with E-state index in [4.69, 9.17) is 0 Å². The Morgan fingerprint density at radius 1 is 1.24 bits per heavy atom. The molecule has 0 unspecified atom stereocenters. The number of benzene rings is 1. The van der Waals surface area contributed by atoms with Gasteiger partial charge in [-0.1, -0.05) is 18.2 Å². The monoisotopic (exact) mass is 355 g/mol. The van der Waals surface area contributed by atoms with Crippen molar-refractivity contribution in [2.45, 2.75) is 20.4 Å². The van der Waals surface area contributed by atoms with Crippen LogP contribution in [0.25, 0.3) is 10.7 Å². The normalized spacial score (nSPS) is 10.7. The van der Waals surface area contributed by atoms with E-state index in [-0.39, 0.29) is 11.7 Å². The Balaban J connectivity index is 1.85. The van der Waals surface area contributed by atoms with Gasteiger partial charge in [-0.05, 0) is 43.7 Å². The summed E-state index contributed by atoms with van der Waals surface area (Å²) < 4.78 is 13.4. The minimum absolute atomic E-state index is 0.0936. The summed E-state index contributed by atoms with van der Waals surface area (Å²) in [6, 6.07) is 11.9. The first-order chi connectivity index (χ1) is 12.1. The molecule has 0 saturated heterocycles. The van der Waals surface area contributed by atoms with Gasteiger partial charge in [0.25, 0.3) is 5.91 Å². The van der Waals surface area contributed by atoms with E-state index in [0.29, 0.717) is 23.7 Å². The van der Waals surface area contributed by atoms with Gasteiger partial charge in [0, 0.05) is 19.3 Å². The van der Waals surface area contributed by atoms with Crippen LogP contribution in [0.1, 0.15) is 27.9 Å². The van der Waals surface area contributed by atoms with Gasteiger partial charge in [-0.3, -0.25) is 9.78 Å². The maximum absolute atomic E-state index is 13.4. The number of aryl methyl sites for hydroxylation is 1. The highest BCUT2D eigenvalue weighted by Gasteiger charge is 2.21. The van der Waals surface area contributed by atoms with E-state index in [1.54, 1.807) is 17.2 Å². The molecule has 0 saturated carbocycles. The smallest absolute Gasteiger partial charge is 0.266 e. The summed E-state index contributed by atoms with van der Waals surface area (Å²) >= 11 is 1.34. The number of nitrogens with zero attached hydrogens (tertiary/aromatic N) is 3. The minimum atomic E-state index is -0.299. The summed E-state index contributed by atoms with van der Waals surface area (Å²) in [6.07, 6.45) is 1.70. The lowest BCUT2D eigenvalue weighted by Gasteiger charge is -2.20. The van der Waals surface area contributed by atoms with E-state index < -0.39 is 0 Å². The van der Waals surface area contributed by atoms with Gasteiger partial charge in [-0.25, -0.2) is 9.37 Å². The first kappa shape index (κ1) is 17.2. The van der Waals surface area contributed by atoms with Gasteiger partial charge < -0.3 is 4.90 Å². The van der Waals surface area contributed by atoms with Gasteiger partial charge in [0.2, 0.25) is 0 Å². The lowest BCUT2D eigenvalue weighted by molar-refractivity contribution is 0.0756. The number of carbonyl (C=O) groups excluding carboxylic acids is 1. The third kappa shape index (κ3) is 3.91. The maximum atomic E-state index is 13.4. The fourth-order valence-corrected chi connectivity index (χ4v) is 3.53. The first-order valence-corrected chi connectivity index (χ1v) is 8.82. The average molecular weight is 355 g/mol. The number of hydrogen-bond donors (Lipinski definition) is 0. The topological polar surface area (TPSA) is 46.1 Å². The van der Waals surface area contributed by atoms with Gasteiger partial charge in [0.1, 0.15) is 15.7 Å². The largest absolute Gasteiger partial charge is 0.334 e. The Bertz CT molecular complexity index is 879. The summed E-state index contributed by atoms with van der Waals surface area (Å²) in [5, 5.41) is 0.725.